The van der Waals surface area contributed by atoms with Gasteiger partial charge in [-0.1, -0.05) is 71.6 Å². The van der Waals surface area contributed by atoms with E-state index in [1.54, 1.807) is 0 Å². The van der Waals surface area contributed by atoms with E-state index in [1.165, 1.54) is 70.6 Å². The number of rotatable bonds is 6. The van der Waals surface area contributed by atoms with Crippen molar-refractivity contribution >= 4 is 0 Å². The minimum absolute atomic E-state index is 0.517. The standard InChI is InChI=1S/C19H39NO/c1-4-21-16-19(17(2)3)20-18-14-12-10-8-6-5-7-9-11-13-15-18/h17-20H,4-16H2,1-3H3. The molecule has 1 N–H and O–H groups in total. The van der Waals surface area contributed by atoms with Gasteiger partial charge in [-0.2, -0.15) is 0 Å². The minimum atomic E-state index is 0.517. The fraction of sp³-hybridized carbons (Fsp3) is 1.00. The third-order valence-electron chi connectivity index (χ3n) is 4.86. The van der Waals surface area contributed by atoms with E-state index in [4.69, 9.17) is 4.74 Å². The summed E-state index contributed by atoms with van der Waals surface area (Å²) in [4.78, 5) is 0. The number of hydrogen-bond donors (Lipinski definition) is 1. The molecule has 0 amide bonds. The Bertz CT molecular complexity index is 218. The molecular weight excluding hydrogens is 258 g/mol. The molecule has 126 valence electrons. The Labute approximate surface area is 133 Å². The molecule has 0 aliphatic heterocycles. The molecule has 0 aromatic heterocycles. The van der Waals surface area contributed by atoms with Gasteiger partial charge in [0.25, 0.3) is 0 Å². The van der Waals surface area contributed by atoms with Crippen molar-refractivity contribution in [2.75, 3.05) is 13.2 Å². The fourth-order valence-electron chi connectivity index (χ4n) is 3.31. The van der Waals surface area contributed by atoms with Gasteiger partial charge in [0, 0.05) is 18.7 Å². The molecule has 2 heteroatoms. The van der Waals surface area contributed by atoms with Crippen LogP contribution in [0.4, 0.5) is 0 Å². The molecule has 0 aromatic rings. The van der Waals surface area contributed by atoms with Gasteiger partial charge in [-0.25, -0.2) is 0 Å². The Balaban J connectivity index is 2.41. The highest BCUT2D eigenvalue weighted by molar-refractivity contribution is 4.77. The summed E-state index contributed by atoms with van der Waals surface area (Å²) >= 11 is 0. The molecule has 1 rings (SSSR count). The van der Waals surface area contributed by atoms with Gasteiger partial charge >= 0.3 is 0 Å². The van der Waals surface area contributed by atoms with Crippen LogP contribution >= 0.6 is 0 Å². The fourth-order valence-corrected chi connectivity index (χ4v) is 3.31. The van der Waals surface area contributed by atoms with Crippen LogP contribution in [0.5, 0.6) is 0 Å². The summed E-state index contributed by atoms with van der Waals surface area (Å²) < 4.78 is 5.67. The van der Waals surface area contributed by atoms with Crippen molar-refractivity contribution < 1.29 is 4.74 Å². The van der Waals surface area contributed by atoms with Crippen molar-refractivity contribution in [2.45, 2.75) is 103 Å². The van der Waals surface area contributed by atoms with E-state index in [-0.39, 0.29) is 0 Å². The van der Waals surface area contributed by atoms with E-state index in [9.17, 15) is 0 Å². The summed E-state index contributed by atoms with van der Waals surface area (Å²) in [5.74, 6) is 0.651. The van der Waals surface area contributed by atoms with Gasteiger partial charge in [0.15, 0.2) is 0 Å². The zero-order valence-electron chi connectivity index (χ0n) is 14.8. The maximum atomic E-state index is 5.67. The average Bonchev–Trinajstić information content (AvgIpc) is 2.45. The first-order valence-electron chi connectivity index (χ1n) is 9.57. The Morgan fingerprint density at radius 3 is 1.76 bits per heavy atom. The van der Waals surface area contributed by atoms with Crippen LogP contribution in [-0.2, 0) is 4.74 Å². The smallest absolute Gasteiger partial charge is 0.0622 e. The third kappa shape index (κ3) is 9.52. The highest BCUT2D eigenvalue weighted by atomic mass is 16.5. The molecule has 0 aromatic carbocycles. The lowest BCUT2D eigenvalue weighted by molar-refractivity contribution is 0.101. The minimum Gasteiger partial charge on any atom is -0.380 e. The summed E-state index contributed by atoms with van der Waals surface area (Å²) in [6, 6.07) is 1.22. The molecule has 21 heavy (non-hydrogen) atoms. The molecule has 1 unspecified atom stereocenters. The predicted molar refractivity (Wildman–Crippen MR) is 92.8 cm³/mol. The first-order valence-corrected chi connectivity index (χ1v) is 9.57. The molecule has 0 bridgehead atoms. The van der Waals surface area contributed by atoms with Gasteiger partial charge in [-0.05, 0) is 25.7 Å². The lowest BCUT2D eigenvalue weighted by atomic mass is 9.96. The molecule has 1 atom stereocenters. The lowest BCUT2D eigenvalue weighted by Crippen LogP contribution is -2.44. The molecule has 2 nitrogen and oxygen atoms in total. The molecule has 1 saturated carbocycles. The van der Waals surface area contributed by atoms with Crippen molar-refractivity contribution in [3.05, 3.63) is 0 Å². The predicted octanol–water partition coefficient (Wildman–Crippen LogP) is 5.31. The Morgan fingerprint density at radius 2 is 1.33 bits per heavy atom. The Kier molecular flexibility index (Phi) is 11.3. The van der Waals surface area contributed by atoms with E-state index in [0.717, 1.165) is 13.2 Å². The maximum Gasteiger partial charge on any atom is 0.0622 e. The van der Waals surface area contributed by atoms with Crippen LogP contribution in [0.25, 0.3) is 0 Å². The van der Waals surface area contributed by atoms with Gasteiger partial charge in [-0.15, -0.1) is 0 Å². The zero-order chi connectivity index (χ0) is 15.3. The van der Waals surface area contributed by atoms with Crippen LogP contribution in [0.3, 0.4) is 0 Å². The Morgan fingerprint density at radius 1 is 0.857 bits per heavy atom. The van der Waals surface area contributed by atoms with Crippen molar-refractivity contribution in [1.82, 2.24) is 5.32 Å². The van der Waals surface area contributed by atoms with Crippen LogP contribution in [0.1, 0.15) is 91.4 Å². The first kappa shape index (κ1) is 19.0. The molecule has 1 aliphatic rings. The van der Waals surface area contributed by atoms with Crippen LogP contribution in [0.2, 0.25) is 0 Å². The average molecular weight is 298 g/mol. The summed E-state index contributed by atoms with van der Waals surface area (Å²) in [6.45, 7) is 8.41. The molecule has 0 radical (unpaired) electrons. The maximum absolute atomic E-state index is 5.67. The van der Waals surface area contributed by atoms with Crippen LogP contribution in [-0.4, -0.2) is 25.3 Å². The number of hydrogen-bond acceptors (Lipinski definition) is 2. The van der Waals surface area contributed by atoms with E-state index >= 15 is 0 Å². The summed E-state index contributed by atoms with van der Waals surface area (Å²) in [7, 11) is 0. The van der Waals surface area contributed by atoms with Crippen molar-refractivity contribution in [3.63, 3.8) is 0 Å². The Hall–Kier alpha value is -0.0800. The van der Waals surface area contributed by atoms with Gasteiger partial charge < -0.3 is 10.1 Å². The van der Waals surface area contributed by atoms with Gasteiger partial charge in [-0.3, -0.25) is 0 Å². The van der Waals surface area contributed by atoms with Gasteiger partial charge in [0.05, 0.1) is 6.61 Å². The first-order chi connectivity index (χ1) is 10.2. The lowest BCUT2D eigenvalue weighted by Gasteiger charge is -2.29. The van der Waals surface area contributed by atoms with Crippen LogP contribution in [0.15, 0.2) is 0 Å². The molecule has 0 heterocycles. The monoisotopic (exact) mass is 297 g/mol. The summed E-state index contributed by atoms with van der Waals surface area (Å²) in [5, 5.41) is 3.92. The second-order valence-electron chi connectivity index (χ2n) is 7.13. The van der Waals surface area contributed by atoms with Gasteiger partial charge in [0.2, 0.25) is 0 Å². The molecule has 1 fully saturated rings. The quantitative estimate of drug-likeness (QED) is 0.717. The van der Waals surface area contributed by atoms with Crippen molar-refractivity contribution in [2.24, 2.45) is 5.92 Å². The highest BCUT2D eigenvalue weighted by Gasteiger charge is 2.18. The molecule has 0 spiro atoms. The normalized spacial score (nSPS) is 21.7. The van der Waals surface area contributed by atoms with E-state index in [2.05, 4.69) is 26.1 Å². The van der Waals surface area contributed by atoms with Crippen LogP contribution in [0, 0.1) is 5.92 Å². The van der Waals surface area contributed by atoms with Crippen molar-refractivity contribution in [3.8, 4) is 0 Å². The van der Waals surface area contributed by atoms with Gasteiger partial charge in [0.1, 0.15) is 0 Å². The van der Waals surface area contributed by atoms with E-state index in [1.807, 2.05) is 0 Å². The molecular formula is C19H39NO. The SMILES string of the molecule is CCOCC(NC1CCCCCCCCCCC1)C(C)C. The third-order valence-corrected chi connectivity index (χ3v) is 4.86. The number of ether oxygens (including phenoxy) is 1. The zero-order valence-corrected chi connectivity index (χ0v) is 14.8. The van der Waals surface area contributed by atoms with E-state index < -0.39 is 0 Å². The van der Waals surface area contributed by atoms with Crippen molar-refractivity contribution in [1.29, 1.82) is 0 Å². The molecule has 0 saturated heterocycles. The number of nitrogens with one attached hydrogen (secondary N) is 1. The second kappa shape index (κ2) is 12.5. The second-order valence-corrected chi connectivity index (χ2v) is 7.13. The molecule has 1 aliphatic carbocycles. The highest BCUT2D eigenvalue weighted by Crippen LogP contribution is 2.18. The topological polar surface area (TPSA) is 21.3 Å². The van der Waals surface area contributed by atoms with Crippen LogP contribution < -0.4 is 5.32 Å². The largest absolute Gasteiger partial charge is 0.380 e. The summed E-state index contributed by atoms with van der Waals surface area (Å²) in [5.41, 5.74) is 0. The summed E-state index contributed by atoms with van der Waals surface area (Å²) in [6.07, 6.45) is 15.6. The van der Waals surface area contributed by atoms with E-state index in [0.29, 0.717) is 18.0 Å².